The van der Waals surface area contributed by atoms with Crippen molar-refractivity contribution in [3.05, 3.63) is 11.1 Å². The van der Waals surface area contributed by atoms with Crippen LogP contribution in [-0.2, 0) is 14.3 Å². The molecule has 4 aliphatic carbocycles. The lowest BCUT2D eigenvalue weighted by Crippen LogP contribution is -2.67. The highest BCUT2D eigenvalue weighted by Crippen LogP contribution is 2.71. The van der Waals surface area contributed by atoms with Gasteiger partial charge in [-0.3, -0.25) is 9.59 Å². The normalized spacial score (nSPS) is 45.6. The summed E-state index contributed by atoms with van der Waals surface area (Å²) in [5.41, 5.74) is -0.0778. The van der Waals surface area contributed by atoms with Crippen molar-refractivity contribution in [2.45, 2.75) is 118 Å². The fourth-order valence-corrected chi connectivity index (χ4v) is 8.94. The average Bonchev–Trinajstić information content (AvgIpc) is 2.96. The summed E-state index contributed by atoms with van der Waals surface area (Å²) in [6.07, 6.45) is -0.00347. The Morgan fingerprint density at radius 2 is 1.66 bits per heavy atom. The van der Waals surface area contributed by atoms with E-state index < -0.39 is 46.6 Å². The van der Waals surface area contributed by atoms with E-state index in [1.165, 1.54) is 0 Å². The van der Waals surface area contributed by atoms with Crippen LogP contribution >= 0.6 is 0 Å². The van der Waals surface area contributed by atoms with Gasteiger partial charge in [0.2, 0.25) is 0 Å². The summed E-state index contributed by atoms with van der Waals surface area (Å²) >= 11 is 0. The Kier molecular flexibility index (Phi) is 6.43. The zero-order valence-corrected chi connectivity index (χ0v) is 22.9. The molecule has 35 heavy (non-hydrogen) atoms. The van der Waals surface area contributed by atoms with Crippen molar-refractivity contribution in [2.24, 2.45) is 39.4 Å². The maximum Gasteiger partial charge on any atom is 0.306 e. The molecule has 9 atom stereocenters. The van der Waals surface area contributed by atoms with E-state index >= 15 is 0 Å². The summed E-state index contributed by atoms with van der Waals surface area (Å²) < 4.78 is 5.80. The number of aliphatic hydroxyl groups excluding tert-OH is 3. The number of carbonyl (C=O) groups excluding carboxylic acids is 2. The number of Topliss-reactive ketones (excluding diaryl/α,β-unsaturated/α-hetero) is 1. The summed E-state index contributed by atoms with van der Waals surface area (Å²) in [6.45, 7) is 16.0. The van der Waals surface area contributed by atoms with E-state index in [2.05, 4.69) is 20.8 Å². The van der Waals surface area contributed by atoms with Crippen LogP contribution in [0.15, 0.2) is 11.1 Å². The summed E-state index contributed by atoms with van der Waals surface area (Å²) in [5.74, 6) is -0.203. The van der Waals surface area contributed by atoms with Crippen LogP contribution in [0, 0.1) is 39.4 Å². The monoisotopic (exact) mass is 490 g/mol. The first-order valence-electron chi connectivity index (χ1n) is 13.5. The predicted octanol–water partition coefficient (Wildman–Crippen LogP) is 4.20. The predicted molar refractivity (Wildman–Crippen MR) is 133 cm³/mol. The highest BCUT2D eigenvalue weighted by Gasteiger charge is 2.69. The van der Waals surface area contributed by atoms with Gasteiger partial charge in [0, 0.05) is 18.3 Å². The Labute approximate surface area is 210 Å². The SMILES string of the molecule is CC(C)CC(=O)O[C@@H]1[C@@H](O)[C@]2(C)C3=C(CC[C@H]2C(C)(C)[C@H]1O)[C@]1(C)C(=O)C[C@H]([C@H](C)O)[C@@]1(C)CC3. The minimum atomic E-state index is -1.06. The molecule has 6 heteroatoms. The number of esters is 1. The van der Waals surface area contributed by atoms with Crippen LogP contribution in [0.4, 0.5) is 0 Å². The molecule has 2 fully saturated rings. The molecule has 4 rings (SSSR count). The van der Waals surface area contributed by atoms with Crippen LogP contribution in [0.25, 0.3) is 0 Å². The number of aliphatic hydroxyl groups is 3. The van der Waals surface area contributed by atoms with Gasteiger partial charge in [-0.2, -0.15) is 0 Å². The number of allylic oxidation sites excluding steroid dienone is 1. The molecule has 0 radical (unpaired) electrons. The number of rotatable bonds is 4. The van der Waals surface area contributed by atoms with E-state index in [1.807, 2.05) is 27.7 Å². The Balaban J connectivity index is 1.82. The molecule has 6 nitrogen and oxygen atoms in total. The lowest BCUT2D eigenvalue weighted by Gasteiger charge is -2.64. The van der Waals surface area contributed by atoms with Gasteiger partial charge in [-0.05, 0) is 68.1 Å². The van der Waals surface area contributed by atoms with Gasteiger partial charge >= 0.3 is 5.97 Å². The summed E-state index contributed by atoms with van der Waals surface area (Å²) in [5, 5.41) is 33.7. The zero-order valence-electron chi connectivity index (χ0n) is 22.9. The topological polar surface area (TPSA) is 104 Å². The van der Waals surface area contributed by atoms with Crippen molar-refractivity contribution in [1.82, 2.24) is 0 Å². The highest BCUT2D eigenvalue weighted by atomic mass is 16.6. The van der Waals surface area contributed by atoms with Gasteiger partial charge in [0.25, 0.3) is 0 Å². The van der Waals surface area contributed by atoms with Gasteiger partial charge in [0.05, 0.1) is 17.6 Å². The molecule has 0 heterocycles. The van der Waals surface area contributed by atoms with Crippen LogP contribution in [0.3, 0.4) is 0 Å². The first kappa shape index (κ1) is 26.8. The van der Waals surface area contributed by atoms with Gasteiger partial charge < -0.3 is 20.1 Å². The Morgan fingerprint density at radius 3 is 2.23 bits per heavy atom. The average molecular weight is 491 g/mol. The molecule has 0 aromatic rings. The summed E-state index contributed by atoms with van der Waals surface area (Å²) in [7, 11) is 0. The molecular weight excluding hydrogens is 444 g/mol. The molecule has 0 bridgehead atoms. The molecule has 3 N–H and O–H groups in total. The minimum Gasteiger partial charge on any atom is -0.457 e. The van der Waals surface area contributed by atoms with Gasteiger partial charge in [-0.1, -0.05) is 52.7 Å². The Hall–Kier alpha value is -1.24. The Bertz CT molecular complexity index is 933. The maximum atomic E-state index is 13.6. The van der Waals surface area contributed by atoms with Crippen LogP contribution in [-0.4, -0.2) is 51.5 Å². The third kappa shape index (κ3) is 3.45. The van der Waals surface area contributed by atoms with Crippen LogP contribution in [0.5, 0.6) is 0 Å². The van der Waals surface area contributed by atoms with Crippen LogP contribution < -0.4 is 0 Å². The molecule has 2 saturated carbocycles. The van der Waals surface area contributed by atoms with E-state index in [-0.39, 0.29) is 35.4 Å². The van der Waals surface area contributed by atoms with Gasteiger partial charge in [-0.25, -0.2) is 0 Å². The first-order valence-corrected chi connectivity index (χ1v) is 13.5. The fourth-order valence-electron chi connectivity index (χ4n) is 8.94. The summed E-state index contributed by atoms with van der Waals surface area (Å²) in [6, 6.07) is 0. The lowest BCUT2D eigenvalue weighted by atomic mass is 9.42. The van der Waals surface area contributed by atoms with Crippen molar-refractivity contribution in [2.75, 3.05) is 0 Å². The lowest BCUT2D eigenvalue weighted by molar-refractivity contribution is -0.231. The minimum absolute atomic E-state index is 0.0178. The van der Waals surface area contributed by atoms with Gasteiger partial charge in [0.15, 0.2) is 6.10 Å². The second-order valence-electron chi connectivity index (χ2n) is 13.6. The third-order valence-electron chi connectivity index (χ3n) is 11.2. The number of ether oxygens (including phenoxy) is 1. The molecule has 0 unspecified atom stereocenters. The fraction of sp³-hybridized carbons (Fsp3) is 0.862. The number of hydrogen-bond donors (Lipinski definition) is 3. The number of ketones is 1. The smallest absolute Gasteiger partial charge is 0.306 e. The Morgan fingerprint density at radius 1 is 1.03 bits per heavy atom. The highest BCUT2D eigenvalue weighted by molar-refractivity contribution is 5.92. The molecule has 0 aromatic carbocycles. The molecule has 0 spiro atoms. The zero-order chi connectivity index (χ0) is 26.3. The van der Waals surface area contributed by atoms with Crippen molar-refractivity contribution in [1.29, 1.82) is 0 Å². The number of hydrogen-bond acceptors (Lipinski definition) is 6. The largest absolute Gasteiger partial charge is 0.457 e. The molecule has 0 aliphatic heterocycles. The van der Waals surface area contributed by atoms with Crippen molar-refractivity contribution in [3.63, 3.8) is 0 Å². The second-order valence-corrected chi connectivity index (χ2v) is 13.6. The van der Waals surface area contributed by atoms with Gasteiger partial charge in [0.1, 0.15) is 11.9 Å². The van der Waals surface area contributed by atoms with Crippen molar-refractivity contribution >= 4 is 11.8 Å². The molecule has 0 amide bonds. The van der Waals surface area contributed by atoms with E-state index in [4.69, 9.17) is 4.74 Å². The van der Waals surface area contributed by atoms with E-state index in [0.29, 0.717) is 6.42 Å². The second kappa shape index (κ2) is 8.39. The molecule has 0 aromatic heterocycles. The molecule has 198 valence electrons. The van der Waals surface area contributed by atoms with E-state index in [1.54, 1.807) is 6.92 Å². The van der Waals surface area contributed by atoms with Crippen molar-refractivity contribution in [3.8, 4) is 0 Å². The van der Waals surface area contributed by atoms with Crippen molar-refractivity contribution < 1.29 is 29.6 Å². The number of fused-ring (bicyclic) bond motifs is 4. The maximum absolute atomic E-state index is 13.6. The summed E-state index contributed by atoms with van der Waals surface area (Å²) in [4.78, 5) is 26.3. The number of carbonyl (C=O) groups is 2. The third-order valence-corrected chi connectivity index (χ3v) is 11.2. The molecule has 4 aliphatic rings. The van der Waals surface area contributed by atoms with E-state index in [9.17, 15) is 24.9 Å². The standard InChI is InChI=1S/C29H46O6/c1-15(2)13-22(32)35-23-24(33)26(4,5)20-10-9-18-17(28(20,7)25(23)34)11-12-27(6)19(16(3)30)14-21(31)29(18,27)8/h15-16,19-20,23-25,30,33-34H,9-14H2,1-8H3/t16-,19+,20-,23-,24-,25+,27+,28+,29+/m0/s1. The van der Waals surface area contributed by atoms with Crippen LogP contribution in [0.1, 0.15) is 93.9 Å². The van der Waals surface area contributed by atoms with Gasteiger partial charge in [-0.15, -0.1) is 0 Å². The first-order chi connectivity index (χ1) is 16.0. The molecular formula is C29H46O6. The van der Waals surface area contributed by atoms with Crippen LogP contribution in [0.2, 0.25) is 0 Å². The van der Waals surface area contributed by atoms with E-state index in [0.717, 1.165) is 36.8 Å². The quantitative estimate of drug-likeness (QED) is 0.403. The molecule has 0 saturated heterocycles.